The molecule has 0 saturated heterocycles. The molecule has 0 bridgehead atoms. The van der Waals surface area contributed by atoms with Crippen molar-refractivity contribution in [2.75, 3.05) is 6.61 Å². The van der Waals surface area contributed by atoms with Crippen molar-refractivity contribution < 1.29 is 14.3 Å². The molecule has 0 spiro atoms. The second kappa shape index (κ2) is 7.95. The molecule has 0 fully saturated rings. The fourth-order valence-corrected chi connectivity index (χ4v) is 2.67. The van der Waals surface area contributed by atoms with E-state index >= 15 is 0 Å². The van der Waals surface area contributed by atoms with Crippen LogP contribution in [0.5, 0.6) is 0 Å². The number of ketones is 1. The van der Waals surface area contributed by atoms with Gasteiger partial charge in [-0.05, 0) is 30.5 Å². The summed E-state index contributed by atoms with van der Waals surface area (Å²) in [6.07, 6.45) is 3.08. The summed E-state index contributed by atoms with van der Waals surface area (Å²) in [6.45, 7) is 5.62. The molecule has 3 aromatic rings. The first kappa shape index (κ1) is 18.5. The largest absolute Gasteiger partial charge is 0.454 e. The van der Waals surface area contributed by atoms with E-state index in [1.54, 1.807) is 42.1 Å². The number of hydrogen-bond donors (Lipinski definition) is 0. The van der Waals surface area contributed by atoms with Gasteiger partial charge in [-0.3, -0.25) is 4.79 Å². The Labute approximate surface area is 157 Å². The van der Waals surface area contributed by atoms with Crippen LogP contribution >= 0.6 is 0 Å². The summed E-state index contributed by atoms with van der Waals surface area (Å²) in [4.78, 5) is 28.8. The molecule has 3 rings (SSSR count). The molecule has 0 aliphatic rings. The van der Waals surface area contributed by atoms with Gasteiger partial charge in [0.1, 0.15) is 5.56 Å². The highest BCUT2D eigenvalue weighted by molar-refractivity contribution is 5.99. The first-order valence-electron chi connectivity index (χ1n) is 8.73. The van der Waals surface area contributed by atoms with Crippen molar-refractivity contribution in [3.05, 3.63) is 77.2 Å². The average Bonchev–Trinajstić information content (AvgIpc) is 3.08. The van der Waals surface area contributed by atoms with Crippen molar-refractivity contribution in [3.63, 3.8) is 0 Å². The number of carbonyl (C=O) groups excluding carboxylic acids is 2. The Balaban J connectivity index is 1.66. The fraction of sp³-hybridized carbons (Fsp3) is 0.238. The molecule has 0 atom stereocenters. The highest BCUT2D eigenvalue weighted by atomic mass is 16.5. The highest BCUT2D eigenvalue weighted by Crippen LogP contribution is 2.16. The van der Waals surface area contributed by atoms with Crippen LogP contribution in [0.1, 0.15) is 51.7 Å². The van der Waals surface area contributed by atoms with E-state index in [2.05, 4.69) is 23.9 Å². The number of rotatable bonds is 6. The lowest BCUT2D eigenvalue weighted by Gasteiger charge is -2.07. The zero-order chi connectivity index (χ0) is 19.4. The van der Waals surface area contributed by atoms with Crippen LogP contribution in [-0.2, 0) is 4.74 Å². The summed E-state index contributed by atoms with van der Waals surface area (Å²) in [5, 5.41) is 4.19. The van der Waals surface area contributed by atoms with Gasteiger partial charge in [-0.25, -0.2) is 14.5 Å². The summed E-state index contributed by atoms with van der Waals surface area (Å²) in [7, 11) is 0. The van der Waals surface area contributed by atoms with Gasteiger partial charge in [-0.1, -0.05) is 44.2 Å². The molecule has 6 heteroatoms. The number of nitrogens with zero attached hydrogens (tertiary/aromatic N) is 3. The first-order valence-corrected chi connectivity index (χ1v) is 8.73. The Morgan fingerprint density at radius 3 is 2.48 bits per heavy atom. The van der Waals surface area contributed by atoms with E-state index in [1.165, 1.54) is 6.20 Å². The number of aromatic nitrogens is 3. The van der Waals surface area contributed by atoms with Gasteiger partial charge in [0.25, 0.3) is 0 Å². The van der Waals surface area contributed by atoms with Crippen LogP contribution in [0.25, 0.3) is 5.82 Å². The monoisotopic (exact) mass is 363 g/mol. The third kappa shape index (κ3) is 4.11. The molecule has 0 unspecified atom stereocenters. The molecule has 0 N–H and O–H groups in total. The van der Waals surface area contributed by atoms with Crippen LogP contribution in [0.4, 0.5) is 0 Å². The summed E-state index contributed by atoms with van der Waals surface area (Å²) in [6, 6.07) is 12.8. The van der Waals surface area contributed by atoms with Gasteiger partial charge in [0.15, 0.2) is 18.2 Å². The van der Waals surface area contributed by atoms with E-state index in [9.17, 15) is 9.59 Å². The van der Waals surface area contributed by atoms with Crippen molar-refractivity contribution in [2.24, 2.45) is 0 Å². The predicted octanol–water partition coefficient (Wildman–Crippen LogP) is 3.74. The van der Waals surface area contributed by atoms with E-state index in [4.69, 9.17) is 4.74 Å². The maximum atomic E-state index is 12.3. The molecule has 2 heterocycles. The third-order valence-corrected chi connectivity index (χ3v) is 4.33. The zero-order valence-corrected chi connectivity index (χ0v) is 15.5. The van der Waals surface area contributed by atoms with Crippen LogP contribution in [0, 0.1) is 6.92 Å². The molecule has 6 nitrogen and oxygen atoms in total. The Morgan fingerprint density at radius 1 is 1.11 bits per heavy atom. The molecule has 0 radical (unpaired) electrons. The minimum Gasteiger partial charge on any atom is -0.454 e. The molecular formula is C21H21N3O3. The molecule has 138 valence electrons. The number of esters is 1. The van der Waals surface area contributed by atoms with E-state index in [-0.39, 0.29) is 12.4 Å². The van der Waals surface area contributed by atoms with Crippen LogP contribution in [0.2, 0.25) is 0 Å². The van der Waals surface area contributed by atoms with Crippen LogP contribution in [0.15, 0.2) is 54.9 Å². The number of hydrogen-bond acceptors (Lipinski definition) is 5. The summed E-state index contributed by atoms with van der Waals surface area (Å²) in [5.74, 6) is 0.177. The lowest BCUT2D eigenvalue weighted by molar-refractivity contribution is 0.0474. The number of carbonyl (C=O) groups is 2. The first-order chi connectivity index (χ1) is 13.0. The second-order valence-electron chi connectivity index (χ2n) is 6.52. The SMILES string of the molecule is Cc1c(C(=O)OCC(=O)c2ccc(C(C)C)cc2)cnn1-c1ccccn1. The molecule has 1 aromatic carbocycles. The lowest BCUT2D eigenvalue weighted by atomic mass is 10.0. The van der Waals surface area contributed by atoms with Crippen molar-refractivity contribution in [2.45, 2.75) is 26.7 Å². The number of ether oxygens (including phenoxy) is 1. The van der Waals surface area contributed by atoms with Crippen LogP contribution < -0.4 is 0 Å². The maximum absolute atomic E-state index is 12.3. The standard InChI is InChI=1S/C21H21N3O3/c1-14(2)16-7-9-17(10-8-16)19(25)13-27-21(26)18-12-23-24(15(18)3)20-6-4-5-11-22-20/h4-12,14H,13H2,1-3H3. The summed E-state index contributed by atoms with van der Waals surface area (Å²) in [5.41, 5.74) is 2.59. The second-order valence-corrected chi connectivity index (χ2v) is 6.52. The van der Waals surface area contributed by atoms with E-state index < -0.39 is 5.97 Å². The van der Waals surface area contributed by atoms with Gasteiger partial charge in [0.05, 0.1) is 11.9 Å². The van der Waals surface area contributed by atoms with E-state index in [0.717, 1.165) is 5.56 Å². The smallest absolute Gasteiger partial charge is 0.342 e. The Morgan fingerprint density at radius 2 is 1.85 bits per heavy atom. The third-order valence-electron chi connectivity index (χ3n) is 4.33. The van der Waals surface area contributed by atoms with Gasteiger partial charge in [0, 0.05) is 11.8 Å². The molecule has 27 heavy (non-hydrogen) atoms. The van der Waals surface area contributed by atoms with Gasteiger partial charge in [-0.15, -0.1) is 0 Å². The summed E-state index contributed by atoms with van der Waals surface area (Å²) < 4.78 is 6.75. The molecule has 0 saturated carbocycles. The quantitative estimate of drug-likeness (QED) is 0.493. The van der Waals surface area contributed by atoms with Gasteiger partial charge < -0.3 is 4.74 Å². The number of pyridine rings is 1. The Hall–Kier alpha value is -3.28. The van der Waals surface area contributed by atoms with Gasteiger partial charge in [0.2, 0.25) is 0 Å². The number of Topliss-reactive ketones (excluding diaryl/α,β-unsaturated/α-hetero) is 1. The topological polar surface area (TPSA) is 74.1 Å². The maximum Gasteiger partial charge on any atom is 0.342 e. The minimum atomic E-state index is -0.582. The average molecular weight is 363 g/mol. The van der Waals surface area contributed by atoms with Crippen LogP contribution in [-0.4, -0.2) is 33.1 Å². The normalized spacial score (nSPS) is 10.8. The molecule has 0 amide bonds. The summed E-state index contributed by atoms with van der Waals surface area (Å²) >= 11 is 0. The molecule has 0 aliphatic heterocycles. The van der Waals surface area contributed by atoms with E-state index in [0.29, 0.717) is 28.6 Å². The minimum absolute atomic E-state index is 0.242. The predicted molar refractivity (Wildman–Crippen MR) is 101 cm³/mol. The lowest BCUT2D eigenvalue weighted by Crippen LogP contribution is -2.15. The van der Waals surface area contributed by atoms with Crippen molar-refractivity contribution in [1.82, 2.24) is 14.8 Å². The molecule has 2 aromatic heterocycles. The highest BCUT2D eigenvalue weighted by Gasteiger charge is 2.18. The Bertz CT molecular complexity index is 945. The van der Waals surface area contributed by atoms with Crippen molar-refractivity contribution >= 4 is 11.8 Å². The van der Waals surface area contributed by atoms with Crippen LogP contribution in [0.3, 0.4) is 0 Å². The zero-order valence-electron chi connectivity index (χ0n) is 15.5. The molecule has 0 aliphatic carbocycles. The number of benzene rings is 1. The van der Waals surface area contributed by atoms with Gasteiger partial charge in [-0.2, -0.15) is 5.10 Å². The van der Waals surface area contributed by atoms with E-state index in [1.807, 2.05) is 18.2 Å². The molecular weight excluding hydrogens is 342 g/mol. The van der Waals surface area contributed by atoms with Crippen molar-refractivity contribution in [1.29, 1.82) is 0 Å². The van der Waals surface area contributed by atoms with Gasteiger partial charge >= 0.3 is 5.97 Å². The fourth-order valence-electron chi connectivity index (χ4n) is 2.67. The Kier molecular flexibility index (Phi) is 5.45. The van der Waals surface area contributed by atoms with Crippen molar-refractivity contribution in [3.8, 4) is 5.82 Å².